The fourth-order valence-corrected chi connectivity index (χ4v) is 13.6. The Morgan fingerprint density at radius 2 is 1.60 bits per heavy atom. The summed E-state index contributed by atoms with van der Waals surface area (Å²) < 4.78 is 21.0. The summed E-state index contributed by atoms with van der Waals surface area (Å²) in [7, 11) is -4.25. The lowest BCUT2D eigenvalue weighted by Crippen LogP contribution is -2.51. The van der Waals surface area contributed by atoms with E-state index in [9.17, 15) is 14.2 Å². The molecule has 4 nitrogen and oxygen atoms in total. The van der Waals surface area contributed by atoms with Crippen LogP contribution in [0.4, 0.5) is 4.79 Å². The minimum Gasteiger partial charge on any atom is -0.456 e. The first-order valence-electron chi connectivity index (χ1n) is 18.4. The van der Waals surface area contributed by atoms with Crippen molar-refractivity contribution >= 4 is 23.7 Å². The molecule has 6 rings (SSSR count). The Morgan fingerprint density at radius 3 is 2.26 bits per heavy atom. The van der Waals surface area contributed by atoms with Crippen molar-refractivity contribution < 1.29 is 18.9 Å². The number of allylic oxidation sites excluding steroid dienone is 1. The third-order valence-electron chi connectivity index (χ3n) is 13.5. The monoisotopic (exact) mass is 656 g/mol. The summed E-state index contributed by atoms with van der Waals surface area (Å²) >= 11 is 0. The van der Waals surface area contributed by atoms with Gasteiger partial charge in [0.25, 0.3) is 7.14 Å². The zero-order chi connectivity index (χ0) is 33.9. The molecule has 4 aliphatic carbocycles. The number of carbonyl (C=O) groups excluding carboxylic acids is 2. The molecule has 0 aromatic heterocycles. The Bertz CT molecular complexity index is 1580. The lowest BCUT2D eigenvalue weighted by atomic mass is 9.47. The third-order valence-corrected chi connectivity index (χ3v) is 15.9. The molecule has 0 bridgehead atoms. The first-order valence-corrected chi connectivity index (χ1v) is 20.1. The van der Waals surface area contributed by atoms with Crippen molar-refractivity contribution in [3.05, 3.63) is 76.4 Å². The smallest absolute Gasteiger partial charge is 0.376 e. The van der Waals surface area contributed by atoms with Crippen LogP contribution in [-0.2, 0) is 9.30 Å². The largest absolute Gasteiger partial charge is 0.456 e. The van der Waals surface area contributed by atoms with Gasteiger partial charge in [-0.25, -0.2) is 4.79 Å². The molecule has 0 aliphatic heterocycles. The number of hydrogen-bond acceptors (Lipinski definition) is 4. The van der Waals surface area contributed by atoms with E-state index in [1.807, 2.05) is 39.0 Å². The molecule has 9 atom stereocenters. The third kappa shape index (κ3) is 5.83. The standard InChI is InChI=1S/C42H57O4P/c1-26(2)22-28(4)35-16-17-36-34-15-14-31-25-32(18-20-41(31,7)37(34)19-21-42(35,36)8)46-40(44)47(45,33-12-10-9-11-13-33)39(43)38-29(5)23-27(3)24-30(38)6/h9-14,23-24,26,28,32,34-37H,15-22,25H2,1-8H3. The summed E-state index contributed by atoms with van der Waals surface area (Å²) in [6.07, 6.45) is 12.3. The second-order valence-corrected chi connectivity index (χ2v) is 19.4. The molecule has 5 heteroatoms. The second-order valence-electron chi connectivity index (χ2n) is 16.9. The minimum absolute atomic E-state index is 0.115. The van der Waals surface area contributed by atoms with Gasteiger partial charge in [-0.15, -0.1) is 0 Å². The molecule has 0 saturated heterocycles. The lowest BCUT2D eigenvalue weighted by Gasteiger charge is -2.58. The normalized spacial score (nSPS) is 33.6. The van der Waals surface area contributed by atoms with E-state index >= 15 is 0 Å². The van der Waals surface area contributed by atoms with Gasteiger partial charge in [-0.05, 0) is 130 Å². The summed E-state index contributed by atoms with van der Waals surface area (Å²) in [6.45, 7) is 18.0. The molecule has 0 amide bonds. The topological polar surface area (TPSA) is 60.4 Å². The van der Waals surface area contributed by atoms with E-state index in [0.717, 1.165) is 65.5 Å². The van der Waals surface area contributed by atoms with Crippen molar-refractivity contribution in [2.45, 2.75) is 119 Å². The van der Waals surface area contributed by atoms with Gasteiger partial charge in [-0.1, -0.05) is 94.3 Å². The van der Waals surface area contributed by atoms with Crippen LogP contribution in [0.25, 0.3) is 0 Å². The highest BCUT2D eigenvalue weighted by molar-refractivity contribution is 8.00. The highest BCUT2D eigenvalue weighted by Crippen LogP contribution is 2.67. The maximum atomic E-state index is 14.8. The van der Waals surface area contributed by atoms with Gasteiger partial charge in [0.05, 0.1) is 0 Å². The van der Waals surface area contributed by atoms with Gasteiger partial charge in [-0.3, -0.25) is 9.36 Å². The van der Waals surface area contributed by atoms with E-state index in [0.29, 0.717) is 23.3 Å². The van der Waals surface area contributed by atoms with E-state index in [1.54, 1.807) is 24.3 Å². The van der Waals surface area contributed by atoms with Gasteiger partial charge in [0.2, 0.25) is 5.52 Å². The molecule has 2 aromatic carbocycles. The Labute approximate surface area is 283 Å². The van der Waals surface area contributed by atoms with Gasteiger partial charge in [0.1, 0.15) is 6.10 Å². The number of hydrogen-bond donors (Lipinski definition) is 0. The Balaban J connectivity index is 1.22. The van der Waals surface area contributed by atoms with E-state index in [1.165, 1.54) is 37.7 Å². The Morgan fingerprint density at radius 1 is 0.915 bits per heavy atom. The zero-order valence-electron chi connectivity index (χ0n) is 30.1. The van der Waals surface area contributed by atoms with E-state index in [4.69, 9.17) is 4.74 Å². The van der Waals surface area contributed by atoms with Crippen molar-refractivity contribution in [1.82, 2.24) is 0 Å². The predicted molar refractivity (Wildman–Crippen MR) is 193 cm³/mol. The average molecular weight is 657 g/mol. The Kier molecular flexibility index (Phi) is 9.36. The number of benzene rings is 2. The van der Waals surface area contributed by atoms with Crippen LogP contribution in [0.5, 0.6) is 0 Å². The molecule has 47 heavy (non-hydrogen) atoms. The van der Waals surface area contributed by atoms with E-state index in [2.05, 4.69) is 40.7 Å². The molecule has 4 aliphatic rings. The minimum atomic E-state index is -4.25. The average Bonchev–Trinajstić information content (AvgIpc) is 3.37. The maximum absolute atomic E-state index is 14.8. The second kappa shape index (κ2) is 12.8. The van der Waals surface area contributed by atoms with E-state index in [-0.39, 0.29) is 16.8 Å². The van der Waals surface area contributed by atoms with Crippen molar-refractivity contribution in [1.29, 1.82) is 0 Å². The van der Waals surface area contributed by atoms with Crippen LogP contribution < -0.4 is 5.30 Å². The number of aryl methyl sites for hydroxylation is 3. The van der Waals surface area contributed by atoms with Crippen molar-refractivity contribution in [2.24, 2.45) is 46.3 Å². The quantitative estimate of drug-likeness (QED) is 0.210. The molecule has 9 unspecified atom stereocenters. The molecule has 0 N–H and O–H groups in total. The first kappa shape index (κ1) is 34.4. The maximum Gasteiger partial charge on any atom is 0.376 e. The number of carbonyl (C=O) groups is 2. The molecule has 0 spiro atoms. The predicted octanol–water partition coefficient (Wildman–Crippen LogP) is 11.2. The molecule has 254 valence electrons. The zero-order valence-corrected chi connectivity index (χ0v) is 31.0. The van der Waals surface area contributed by atoms with Crippen molar-refractivity contribution in [2.75, 3.05) is 0 Å². The molecule has 0 heterocycles. The summed E-state index contributed by atoms with van der Waals surface area (Å²) in [5.74, 6) is 4.57. The number of fused-ring (bicyclic) bond motifs is 5. The van der Waals surface area contributed by atoms with Crippen LogP contribution in [-0.4, -0.2) is 17.3 Å². The molecule has 0 radical (unpaired) electrons. The van der Waals surface area contributed by atoms with Gasteiger partial charge in [0.15, 0.2) is 0 Å². The number of rotatable bonds is 8. The van der Waals surface area contributed by atoms with Crippen LogP contribution >= 0.6 is 7.14 Å². The fourth-order valence-electron chi connectivity index (χ4n) is 11.4. The van der Waals surface area contributed by atoms with Crippen molar-refractivity contribution in [3.63, 3.8) is 0 Å². The van der Waals surface area contributed by atoms with E-state index < -0.39 is 18.4 Å². The van der Waals surface area contributed by atoms with Gasteiger partial charge in [-0.2, -0.15) is 0 Å². The first-order chi connectivity index (χ1) is 22.2. The summed E-state index contributed by atoms with van der Waals surface area (Å²) in [5, 5.41) is 0.248. The SMILES string of the molecule is Cc1cc(C)c(C(=O)P(=O)(C(=O)OC2CCC3(C)C(=CCC4C3CCC3(C)C(C(C)CC(C)C)CCC43)C2)c2ccccc2)c(C)c1. The molecule has 2 aromatic rings. The lowest BCUT2D eigenvalue weighted by molar-refractivity contribution is -0.0578. The van der Waals surface area contributed by atoms with Crippen LogP contribution in [0.3, 0.4) is 0 Å². The highest BCUT2D eigenvalue weighted by Gasteiger charge is 2.59. The van der Waals surface area contributed by atoms with Crippen LogP contribution in [0.2, 0.25) is 0 Å². The van der Waals surface area contributed by atoms with Crippen molar-refractivity contribution in [3.8, 4) is 0 Å². The van der Waals surface area contributed by atoms with Gasteiger partial charge in [0, 0.05) is 17.3 Å². The molecule has 3 fully saturated rings. The summed E-state index contributed by atoms with van der Waals surface area (Å²) in [5.41, 5.74) is 3.36. The van der Waals surface area contributed by atoms with Gasteiger partial charge >= 0.3 is 5.71 Å². The fraction of sp³-hybridized carbons (Fsp3) is 0.619. The Hall–Kier alpha value is -2.45. The molecule has 3 saturated carbocycles. The van der Waals surface area contributed by atoms with Crippen LogP contribution in [0.1, 0.15) is 119 Å². The molecular weight excluding hydrogens is 599 g/mol. The highest BCUT2D eigenvalue weighted by atomic mass is 31.2. The van der Waals surface area contributed by atoms with Crippen LogP contribution in [0, 0.1) is 67.1 Å². The summed E-state index contributed by atoms with van der Waals surface area (Å²) in [4.78, 5) is 28.3. The number of ether oxygens (including phenoxy) is 1. The van der Waals surface area contributed by atoms with Gasteiger partial charge < -0.3 is 4.74 Å². The summed E-state index contributed by atoms with van der Waals surface area (Å²) in [6, 6.07) is 12.4. The molecular formula is C42H57O4P. The van der Waals surface area contributed by atoms with Crippen LogP contribution in [0.15, 0.2) is 54.1 Å².